The van der Waals surface area contributed by atoms with Gasteiger partial charge in [0.15, 0.2) is 23.0 Å². The average Bonchev–Trinajstić information content (AvgIpc) is 3.47. The Bertz CT molecular complexity index is 1640. The number of carbonyl (C=O) groups is 3. The molecule has 2 aromatic carbocycles. The molecule has 4 aliphatic heterocycles. The van der Waals surface area contributed by atoms with Crippen LogP contribution in [0.5, 0.6) is 28.7 Å². The number of aromatic hydroxyl groups is 1. The Labute approximate surface area is 274 Å². The number of amides is 2. The van der Waals surface area contributed by atoms with Crippen LogP contribution in [0.3, 0.4) is 0 Å². The molecule has 4 N–H and O–H groups in total. The van der Waals surface area contributed by atoms with Gasteiger partial charge in [-0.05, 0) is 57.7 Å². The molecule has 2 amide bonds. The zero-order valence-corrected chi connectivity index (χ0v) is 28.1. The summed E-state index contributed by atoms with van der Waals surface area (Å²) in [5, 5.41) is 29.7. The highest BCUT2D eigenvalue weighted by molar-refractivity contribution is 5.88. The number of rotatable bonds is 7. The zero-order valence-electron chi connectivity index (χ0n) is 28.1. The van der Waals surface area contributed by atoms with Gasteiger partial charge >= 0.3 is 5.97 Å². The van der Waals surface area contributed by atoms with Gasteiger partial charge in [0.05, 0.1) is 19.2 Å². The molecule has 2 bridgehead atoms. The van der Waals surface area contributed by atoms with E-state index in [1.54, 1.807) is 13.8 Å². The third kappa shape index (κ3) is 5.34. The summed E-state index contributed by atoms with van der Waals surface area (Å²) in [6, 6.07) is -0.277. The van der Waals surface area contributed by atoms with Crippen LogP contribution in [0.25, 0.3) is 0 Å². The van der Waals surface area contributed by atoms with Crippen LogP contribution in [0, 0.1) is 19.8 Å². The molecule has 47 heavy (non-hydrogen) atoms. The van der Waals surface area contributed by atoms with Crippen LogP contribution in [0.1, 0.15) is 79.7 Å². The van der Waals surface area contributed by atoms with Gasteiger partial charge < -0.3 is 39.8 Å². The van der Waals surface area contributed by atoms with E-state index in [4.69, 9.17) is 18.9 Å². The number of esters is 1. The standard InChI is InChI=1S/C34H44N4O9/c1-14(2)9-23(40)35-17(5)33(42)36-32-25-20(29(47-18(6)39)16(4)30-31(25)46-13-45-30)12-21-26-24-19(10-15(3)28(44-8)27(24)41)11-22(37(26)7)34(43)38(21)32/h10,14,17,21-22,26,32,34,41,43H,9,11-13H2,1-8H3,(H,35,40)(H,36,42)/t17-,21?,22+,26+,32-,34+/m1/s1. The van der Waals surface area contributed by atoms with Crippen molar-refractivity contribution in [3.63, 3.8) is 0 Å². The first-order chi connectivity index (χ1) is 22.2. The number of hydrogen-bond donors (Lipinski definition) is 4. The fourth-order valence-corrected chi connectivity index (χ4v) is 7.92. The van der Waals surface area contributed by atoms with Gasteiger partial charge in [-0.25, -0.2) is 4.90 Å². The van der Waals surface area contributed by atoms with Crippen LogP contribution >= 0.6 is 0 Å². The van der Waals surface area contributed by atoms with Gasteiger partial charge in [0, 0.05) is 41.6 Å². The number of piperazine rings is 1. The molecule has 6 atom stereocenters. The predicted molar refractivity (Wildman–Crippen MR) is 169 cm³/mol. The van der Waals surface area contributed by atoms with E-state index in [2.05, 4.69) is 15.5 Å². The number of fused-ring (bicyclic) bond motifs is 9. The lowest BCUT2D eigenvalue weighted by molar-refractivity contribution is -0.179. The Balaban J connectivity index is 1.53. The van der Waals surface area contributed by atoms with Gasteiger partial charge in [0.25, 0.3) is 0 Å². The number of aliphatic hydroxyl groups excluding tert-OH is 1. The van der Waals surface area contributed by atoms with E-state index >= 15 is 0 Å². The average molecular weight is 653 g/mol. The summed E-state index contributed by atoms with van der Waals surface area (Å²) < 4.78 is 23.3. The largest absolute Gasteiger partial charge is 0.504 e. The smallest absolute Gasteiger partial charge is 0.308 e. The second-order valence-corrected chi connectivity index (χ2v) is 13.5. The molecule has 4 heterocycles. The minimum atomic E-state index is -1.07. The molecule has 0 spiro atoms. The lowest BCUT2D eigenvalue weighted by Crippen LogP contribution is -2.70. The van der Waals surface area contributed by atoms with E-state index in [9.17, 15) is 24.6 Å². The van der Waals surface area contributed by atoms with Crippen molar-refractivity contribution in [1.82, 2.24) is 20.4 Å². The number of likely N-dealkylation sites (N-methyl/N-ethyl adjacent to an activating group) is 1. The fraction of sp³-hybridized carbons (Fsp3) is 0.559. The first-order valence-electron chi connectivity index (χ1n) is 16.0. The molecule has 1 unspecified atom stereocenters. The molecule has 4 aliphatic rings. The van der Waals surface area contributed by atoms with E-state index < -0.39 is 48.4 Å². The van der Waals surface area contributed by atoms with Gasteiger partial charge in [-0.1, -0.05) is 19.9 Å². The highest BCUT2D eigenvalue weighted by Crippen LogP contribution is 2.57. The maximum Gasteiger partial charge on any atom is 0.308 e. The lowest BCUT2D eigenvalue weighted by atomic mass is 9.74. The molecule has 0 saturated carbocycles. The van der Waals surface area contributed by atoms with E-state index in [1.807, 2.05) is 38.8 Å². The minimum Gasteiger partial charge on any atom is -0.504 e. The number of aliphatic hydroxyl groups is 1. The van der Waals surface area contributed by atoms with Gasteiger partial charge in [0.1, 0.15) is 24.2 Å². The van der Waals surface area contributed by atoms with Crippen molar-refractivity contribution in [3.05, 3.63) is 39.4 Å². The Hall–Kier alpha value is -4.07. The molecule has 0 radical (unpaired) electrons. The van der Waals surface area contributed by atoms with E-state index in [0.29, 0.717) is 51.7 Å². The quantitative estimate of drug-likeness (QED) is 0.257. The van der Waals surface area contributed by atoms with E-state index in [0.717, 1.165) is 11.1 Å². The highest BCUT2D eigenvalue weighted by atomic mass is 16.7. The van der Waals surface area contributed by atoms with Gasteiger partial charge in [-0.3, -0.25) is 19.3 Å². The van der Waals surface area contributed by atoms with Crippen molar-refractivity contribution in [1.29, 1.82) is 0 Å². The van der Waals surface area contributed by atoms with Crippen molar-refractivity contribution in [2.75, 3.05) is 21.0 Å². The number of nitrogens with one attached hydrogen (secondary N) is 2. The summed E-state index contributed by atoms with van der Waals surface area (Å²) in [5.41, 5.74) is 4.08. The SMILES string of the molecule is COc1c(C)cc2c(c1O)[C@@H]1C3Cc4c(OC(C)=O)c(C)c5c(c4[C@H](NC(=O)[C@@H](C)NC(=O)CC(C)C)N3[C@@H](O)[C@H](C2)N1C)OCO5. The molecule has 13 nitrogen and oxygen atoms in total. The first-order valence-corrected chi connectivity index (χ1v) is 16.0. The normalized spacial score (nSPS) is 24.9. The number of ether oxygens (including phenoxy) is 4. The van der Waals surface area contributed by atoms with Crippen molar-refractivity contribution in [3.8, 4) is 28.7 Å². The number of methoxy groups -OCH3 is 1. The zero-order chi connectivity index (χ0) is 34.1. The number of phenols is 1. The molecule has 6 rings (SSSR count). The summed E-state index contributed by atoms with van der Waals surface area (Å²) in [4.78, 5) is 42.8. The number of aryl methyl sites for hydroxylation is 1. The molecule has 0 aromatic heterocycles. The monoisotopic (exact) mass is 652 g/mol. The number of benzene rings is 2. The Morgan fingerprint density at radius 3 is 2.43 bits per heavy atom. The summed E-state index contributed by atoms with van der Waals surface area (Å²) in [7, 11) is 3.43. The van der Waals surface area contributed by atoms with Crippen molar-refractivity contribution in [2.45, 2.75) is 97.4 Å². The molecule has 13 heteroatoms. The summed E-state index contributed by atoms with van der Waals surface area (Å²) >= 11 is 0. The highest BCUT2D eigenvalue weighted by Gasteiger charge is 2.57. The molecular weight excluding hydrogens is 608 g/mol. The summed E-state index contributed by atoms with van der Waals surface area (Å²) in [6.07, 6.45) is -1.07. The van der Waals surface area contributed by atoms with Crippen LogP contribution < -0.4 is 29.6 Å². The first kappa shape index (κ1) is 32.9. The third-order valence-electron chi connectivity index (χ3n) is 9.86. The van der Waals surface area contributed by atoms with Crippen molar-refractivity contribution >= 4 is 17.8 Å². The van der Waals surface area contributed by atoms with Gasteiger partial charge in [0.2, 0.25) is 18.6 Å². The van der Waals surface area contributed by atoms with Gasteiger partial charge in [-0.2, -0.15) is 0 Å². The Morgan fingerprint density at radius 2 is 1.77 bits per heavy atom. The molecule has 0 aliphatic carbocycles. The number of nitrogens with zero attached hydrogens (tertiary/aromatic N) is 2. The van der Waals surface area contributed by atoms with Crippen LogP contribution in [0.2, 0.25) is 0 Å². The Kier molecular flexibility index (Phi) is 8.52. The van der Waals surface area contributed by atoms with Crippen molar-refractivity contribution < 1.29 is 43.5 Å². The summed E-state index contributed by atoms with van der Waals surface area (Å²) in [5.74, 6) is 0.354. The molecule has 2 aromatic rings. The second-order valence-electron chi connectivity index (χ2n) is 13.5. The lowest BCUT2D eigenvalue weighted by Gasteiger charge is -2.60. The summed E-state index contributed by atoms with van der Waals surface area (Å²) in [6.45, 7) is 10.4. The van der Waals surface area contributed by atoms with E-state index in [-0.39, 0.29) is 37.2 Å². The van der Waals surface area contributed by atoms with Crippen LogP contribution in [-0.2, 0) is 27.2 Å². The number of hydrogen-bond acceptors (Lipinski definition) is 11. The molecule has 1 fully saturated rings. The maximum atomic E-state index is 13.9. The molecule has 1 saturated heterocycles. The van der Waals surface area contributed by atoms with Crippen LogP contribution in [0.4, 0.5) is 0 Å². The molecular formula is C34H44N4O9. The topological polar surface area (TPSA) is 159 Å². The second kappa shape index (κ2) is 12.2. The molecule has 254 valence electrons. The third-order valence-corrected chi connectivity index (χ3v) is 9.86. The fourth-order valence-electron chi connectivity index (χ4n) is 7.92. The van der Waals surface area contributed by atoms with Crippen LogP contribution in [0.15, 0.2) is 6.07 Å². The number of phenolic OH excluding ortho intramolecular Hbond substituents is 1. The van der Waals surface area contributed by atoms with Crippen LogP contribution in [-0.4, -0.2) is 83.1 Å². The number of carbonyl (C=O) groups excluding carboxylic acids is 3. The maximum absolute atomic E-state index is 13.9. The van der Waals surface area contributed by atoms with E-state index in [1.165, 1.54) is 14.0 Å². The predicted octanol–water partition coefficient (Wildman–Crippen LogP) is 2.49. The Morgan fingerprint density at radius 1 is 1.06 bits per heavy atom. The van der Waals surface area contributed by atoms with Crippen molar-refractivity contribution in [2.24, 2.45) is 5.92 Å². The van der Waals surface area contributed by atoms with Gasteiger partial charge in [-0.15, -0.1) is 0 Å². The minimum absolute atomic E-state index is 0.0316.